The van der Waals surface area contributed by atoms with Crippen molar-refractivity contribution in [3.63, 3.8) is 0 Å². The predicted molar refractivity (Wildman–Crippen MR) is 81.0 cm³/mol. The van der Waals surface area contributed by atoms with Crippen molar-refractivity contribution in [1.29, 1.82) is 0 Å². The first-order valence-corrected chi connectivity index (χ1v) is 6.80. The van der Waals surface area contributed by atoms with Crippen molar-refractivity contribution in [2.75, 3.05) is 5.32 Å². The molecule has 0 unspecified atom stereocenters. The van der Waals surface area contributed by atoms with Crippen LogP contribution in [0.4, 0.5) is 5.69 Å². The van der Waals surface area contributed by atoms with Crippen LogP contribution in [-0.2, 0) is 6.54 Å². The van der Waals surface area contributed by atoms with Gasteiger partial charge in [0.15, 0.2) is 0 Å². The Hall–Kier alpha value is -1.94. The Morgan fingerprint density at radius 2 is 2.00 bits per heavy atom. The lowest BCUT2D eigenvalue weighted by Gasteiger charge is -2.10. The maximum Gasteiger partial charge on any atom is 0.129 e. The number of nitrogens with zero attached hydrogens (tertiary/aromatic N) is 2. The fourth-order valence-corrected chi connectivity index (χ4v) is 2.44. The van der Waals surface area contributed by atoms with Crippen LogP contribution in [-0.4, -0.2) is 9.97 Å². The fraction of sp³-hybridized carbons (Fsp3) is 0.0667. The lowest BCUT2D eigenvalue weighted by molar-refractivity contribution is 1.14. The Kier molecular flexibility index (Phi) is 3.42. The molecule has 0 spiro atoms. The van der Waals surface area contributed by atoms with E-state index in [4.69, 9.17) is 0 Å². The average Bonchev–Trinajstić information content (AvgIpc) is 2.46. The summed E-state index contributed by atoms with van der Waals surface area (Å²) in [7, 11) is 0. The SMILES string of the molecule is Brc1ncccc1NCc1cccc2cnccc12. The number of hydrogen-bond acceptors (Lipinski definition) is 3. The number of rotatable bonds is 3. The van der Waals surface area contributed by atoms with Gasteiger partial charge in [0.25, 0.3) is 0 Å². The van der Waals surface area contributed by atoms with E-state index in [1.54, 1.807) is 6.20 Å². The summed E-state index contributed by atoms with van der Waals surface area (Å²) >= 11 is 3.44. The van der Waals surface area contributed by atoms with Gasteiger partial charge in [-0.25, -0.2) is 4.98 Å². The highest BCUT2D eigenvalue weighted by Crippen LogP contribution is 2.22. The van der Waals surface area contributed by atoms with Gasteiger partial charge in [0.2, 0.25) is 0 Å². The first kappa shape index (κ1) is 12.1. The van der Waals surface area contributed by atoms with E-state index < -0.39 is 0 Å². The van der Waals surface area contributed by atoms with Crippen LogP contribution in [0.5, 0.6) is 0 Å². The van der Waals surface area contributed by atoms with Crippen molar-refractivity contribution < 1.29 is 0 Å². The van der Waals surface area contributed by atoms with Crippen LogP contribution >= 0.6 is 15.9 Å². The molecule has 1 N–H and O–H groups in total. The zero-order valence-electron chi connectivity index (χ0n) is 10.2. The number of anilines is 1. The smallest absolute Gasteiger partial charge is 0.129 e. The minimum atomic E-state index is 0.756. The highest BCUT2D eigenvalue weighted by atomic mass is 79.9. The monoisotopic (exact) mass is 313 g/mol. The second-order valence-corrected chi connectivity index (χ2v) is 4.96. The van der Waals surface area contributed by atoms with Gasteiger partial charge < -0.3 is 5.32 Å². The van der Waals surface area contributed by atoms with Gasteiger partial charge in [0.05, 0.1) is 5.69 Å². The lowest BCUT2D eigenvalue weighted by Crippen LogP contribution is -2.01. The Morgan fingerprint density at radius 1 is 1.05 bits per heavy atom. The molecule has 1 aromatic carbocycles. The second-order valence-electron chi connectivity index (χ2n) is 4.21. The van der Waals surface area contributed by atoms with E-state index in [2.05, 4.69) is 49.4 Å². The summed E-state index contributed by atoms with van der Waals surface area (Å²) in [5, 5.41) is 5.78. The molecule has 0 atom stereocenters. The summed E-state index contributed by atoms with van der Waals surface area (Å²) in [4.78, 5) is 8.35. The molecule has 19 heavy (non-hydrogen) atoms. The number of benzene rings is 1. The Bertz CT molecular complexity index is 707. The third kappa shape index (κ3) is 2.58. The first-order valence-electron chi connectivity index (χ1n) is 6.00. The number of pyridine rings is 2. The predicted octanol–water partition coefficient (Wildman–Crippen LogP) is 4.00. The van der Waals surface area contributed by atoms with Gasteiger partial charge in [0, 0.05) is 30.5 Å². The van der Waals surface area contributed by atoms with Gasteiger partial charge in [-0.05, 0) is 45.1 Å². The molecule has 0 saturated heterocycles. The van der Waals surface area contributed by atoms with Crippen molar-refractivity contribution >= 4 is 32.4 Å². The molecule has 2 aromatic heterocycles. The van der Waals surface area contributed by atoms with E-state index in [0.717, 1.165) is 22.2 Å². The van der Waals surface area contributed by atoms with Gasteiger partial charge in [-0.2, -0.15) is 0 Å². The standard InChI is InChI=1S/C15H12BrN3/c16-15-14(5-2-7-18-15)19-10-12-4-1-3-11-9-17-8-6-13(11)12/h1-9,19H,10H2. The van der Waals surface area contributed by atoms with Crippen molar-refractivity contribution in [3.05, 3.63) is 65.2 Å². The molecule has 0 amide bonds. The zero-order valence-corrected chi connectivity index (χ0v) is 11.8. The molecular formula is C15H12BrN3. The summed E-state index contributed by atoms with van der Waals surface area (Å²) in [6.07, 6.45) is 5.48. The number of fused-ring (bicyclic) bond motifs is 1. The summed E-state index contributed by atoms with van der Waals surface area (Å²) < 4.78 is 0.830. The second kappa shape index (κ2) is 5.36. The molecule has 0 saturated carbocycles. The summed E-state index contributed by atoms with van der Waals surface area (Å²) in [5.74, 6) is 0. The molecule has 0 aliphatic rings. The summed E-state index contributed by atoms with van der Waals surface area (Å²) in [6, 6.07) is 12.2. The van der Waals surface area contributed by atoms with Crippen LogP contribution in [0, 0.1) is 0 Å². The van der Waals surface area contributed by atoms with Gasteiger partial charge in [-0.1, -0.05) is 18.2 Å². The molecule has 4 heteroatoms. The van der Waals surface area contributed by atoms with Crippen LogP contribution < -0.4 is 5.32 Å². The maximum absolute atomic E-state index is 4.20. The van der Waals surface area contributed by atoms with Crippen LogP contribution in [0.1, 0.15) is 5.56 Å². The molecule has 0 fully saturated rings. The highest BCUT2D eigenvalue weighted by Gasteiger charge is 2.02. The Morgan fingerprint density at radius 3 is 2.89 bits per heavy atom. The molecule has 0 aliphatic heterocycles. The van der Waals surface area contributed by atoms with Crippen molar-refractivity contribution in [1.82, 2.24) is 9.97 Å². The largest absolute Gasteiger partial charge is 0.379 e. The fourth-order valence-electron chi connectivity index (χ4n) is 2.05. The highest BCUT2D eigenvalue weighted by molar-refractivity contribution is 9.10. The molecular weight excluding hydrogens is 302 g/mol. The van der Waals surface area contributed by atoms with E-state index >= 15 is 0 Å². The van der Waals surface area contributed by atoms with Gasteiger partial charge in [-0.15, -0.1) is 0 Å². The number of nitrogens with one attached hydrogen (secondary N) is 1. The minimum Gasteiger partial charge on any atom is -0.379 e. The van der Waals surface area contributed by atoms with E-state index in [1.165, 1.54) is 10.9 Å². The third-order valence-electron chi connectivity index (χ3n) is 3.00. The molecule has 3 nitrogen and oxygen atoms in total. The topological polar surface area (TPSA) is 37.8 Å². The van der Waals surface area contributed by atoms with E-state index in [9.17, 15) is 0 Å². The summed E-state index contributed by atoms with van der Waals surface area (Å²) in [6.45, 7) is 0.756. The molecule has 94 valence electrons. The summed E-state index contributed by atoms with van der Waals surface area (Å²) in [5.41, 5.74) is 2.24. The third-order valence-corrected chi connectivity index (χ3v) is 3.63. The minimum absolute atomic E-state index is 0.756. The van der Waals surface area contributed by atoms with Crippen LogP contribution in [0.25, 0.3) is 10.8 Å². The Balaban J connectivity index is 1.88. The van der Waals surface area contributed by atoms with Crippen LogP contribution in [0.2, 0.25) is 0 Å². The molecule has 0 bridgehead atoms. The van der Waals surface area contributed by atoms with Crippen molar-refractivity contribution in [3.8, 4) is 0 Å². The number of aromatic nitrogens is 2. The lowest BCUT2D eigenvalue weighted by atomic mass is 10.1. The van der Waals surface area contributed by atoms with Gasteiger partial charge in [-0.3, -0.25) is 4.98 Å². The normalized spacial score (nSPS) is 10.6. The Labute approximate surface area is 119 Å². The van der Waals surface area contributed by atoms with Crippen molar-refractivity contribution in [2.45, 2.75) is 6.54 Å². The first-order chi connectivity index (χ1) is 9.34. The van der Waals surface area contributed by atoms with E-state index in [0.29, 0.717) is 0 Å². The van der Waals surface area contributed by atoms with E-state index in [-0.39, 0.29) is 0 Å². The van der Waals surface area contributed by atoms with Crippen molar-refractivity contribution in [2.24, 2.45) is 0 Å². The van der Waals surface area contributed by atoms with E-state index in [1.807, 2.05) is 30.6 Å². The molecule has 3 aromatic rings. The molecule has 3 rings (SSSR count). The number of hydrogen-bond donors (Lipinski definition) is 1. The average molecular weight is 314 g/mol. The van der Waals surface area contributed by atoms with Gasteiger partial charge >= 0.3 is 0 Å². The zero-order chi connectivity index (χ0) is 13.1. The molecule has 0 aliphatic carbocycles. The molecule has 0 radical (unpaired) electrons. The van der Waals surface area contributed by atoms with Crippen LogP contribution in [0.15, 0.2) is 59.6 Å². The van der Waals surface area contributed by atoms with Gasteiger partial charge in [0.1, 0.15) is 4.60 Å². The maximum atomic E-state index is 4.20. The molecule has 2 heterocycles. The van der Waals surface area contributed by atoms with Crippen LogP contribution in [0.3, 0.4) is 0 Å². The quantitative estimate of drug-likeness (QED) is 0.743. The number of halogens is 1.